The van der Waals surface area contributed by atoms with Gasteiger partial charge in [-0.2, -0.15) is 4.72 Å². The molecule has 0 fully saturated rings. The predicted molar refractivity (Wildman–Crippen MR) is 69.2 cm³/mol. The van der Waals surface area contributed by atoms with E-state index in [1.54, 1.807) is 31.2 Å². The average Bonchev–Trinajstić information content (AvgIpc) is 2.35. The van der Waals surface area contributed by atoms with Gasteiger partial charge in [0.2, 0.25) is 10.0 Å². The molecule has 0 heterocycles. The molecule has 0 aliphatic heterocycles. The molecule has 0 saturated heterocycles. The summed E-state index contributed by atoms with van der Waals surface area (Å²) in [7, 11) is -3.75. The van der Waals surface area contributed by atoms with Crippen molar-refractivity contribution >= 4 is 22.1 Å². The van der Waals surface area contributed by atoms with Crippen LogP contribution < -0.4 is 4.72 Å². The highest BCUT2D eigenvalue weighted by atomic mass is 32.2. The topological polar surface area (TPSA) is 83.5 Å². The molecule has 6 heteroatoms. The van der Waals surface area contributed by atoms with Crippen molar-refractivity contribution in [3.63, 3.8) is 0 Å². The fourth-order valence-electron chi connectivity index (χ4n) is 1.28. The van der Waals surface area contributed by atoms with Crippen LogP contribution in [0.4, 0.5) is 0 Å². The van der Waals surface area contributed by atoms with Crippen molar-refractivity contribution in [1.29, 1.82) is 0 Å². The predicted octanol–water partition coefficient (Wildman–Crippen LogP) is 1.44. The normalized spacial score (nSPS) is 13.6. The summed E-state index contributed by atoms with van der Waals surface area (Å²) in [6.07, 6.45) is 1.60. The summed E-state index contributed by atoms with van der Waals surface area (Å²) in [4.78, 5) is 10.7. The van der Waals surface area contributed by atoms with Gasteiger partial charge in [0.15, 0.2) is 0 Å². The summed E-state index contributed by atoms with van der Waals surface area (Å²) in [6.45, 7) is 1.60. The number of carbonyl (C=O) groups is 1. The highest BCUT2D eigenvalue weighted by Gasteiger charge is 2.20. The fourth-order valence-corrected chi connectivity index (χ4v) is 2.36. The van der Waals surface area contributed by atoms with E-state index in [2.05, 4.69) is 4.72 Å². The molecule has 1 atom stereocenters. The molecule has 0 aromatic heterocycles. The zero-order valence-corrected chi connectivity index (χ0v) is 10.7. The molecule has 1 aromatic carbocycles. The maximum Gasteiger partial charge on any atom is 0.321 e. The molecule has 0 amide bonds. The van der Waals surface area contributed by atoms with Gasteiger partial charge in [-0.15, -0.1) is 0 Å². The van der Waals surface area contributed by atoms with Crippen LogP contribution in [0.25, 0.3) is 6.08 Å². The Morgan fingerprint density at radius 1 is 1.39 bits per heavy atom. The smallest absolute Gasteiger partial charge is 0.321 e. The number of nitrogens with one attached hydrogen (secondary N) is 1. The van der Waals surface area contributed by atoms with Crippen LogP contribution in [0, 0.1) is 0 Å². The van der Waals surface area contributed by atoms with E-state index in [0.29, 0.717) is 0 Å². The number of hydrogen-bond acceptors (Lipinski definition) is 3. The molecule has 0 bridgehead atoms. The van der Waals surface area contributed by atoms with Crippen LogP contribution in [0.1, 0.15) is 18.9 Å². The van der Waals surface area contributed by atoms with Gasteiger partial charge in [0, 0.05) is 5.41 Å². The number of carboxylic acids is 1. The second kappa shape index (κ2) is 6.32. The number of sulfonamides is 1. The maximum absolute atomic E-state index is 11.6. The van der Waals surface area contributed by atoms with Crippen molar-refractivity contribution in [3.05, 3.63) is 41.3 Å². The zero-order valence-electron chi connectivity index (χ0n) is 9.91. The minimum absolute atomic E-state index is 0.188. The number of benzene rings is 1. The molecule has 1 rings (SSSR count). The molecule has 0 unspecified atom stereocenters. The van der Waals surface area contributed by atoms with Crippen molar-refractivity contribution < 1.29 is 18.3 Å². The molecule has 18 heavy (non-hydrogen) atoms. The van der Waals surface area contributed by atoms with Gasteiger partial charge in [0.25, 0.3) is 0 Å². The van der Waals surface area contributed by atoms with Crippen LogP contribution in [0.15, 0.2) is 35.7 Å². The molecule has 0 saturated carbocycles. The van der Waals surface area contributed by atoms with Crippen molar-refractivity contribution in [2.75, 3.05) is 0 Å². The third-order valence-corrected chi connectivity index (χ3v) is 3.36. The van der Waals surface area contributed by atoms with Crippen LogP contribution in [-0.4, -0.2) is 25.5 Å². The number of rotatable bonds is 6. The van der Waals surface area contributed by atoms with E-state index in [1.165, 1.54) is 6.08 Å². The van der Waals surface area contributed by atoms with Crippen molar-refractivity contribution in [2.45, 2.75) is 19.4 Å². The van der Waals surface area contributed by atoms with Crippen LogP contribution >= 0.6 is 0 Å². The van der Waals surface area contributed by atoms with Gasteiger partial charge >= 0.3 is 5.97 Å². The second-order valence-electron chi connectivity index (χ2n) is 3.68. The van der Waals surface area contributed by atoms with Crippen LogP contribution in [0.3, 0.4) is 0 Å². The van der Waals surface area contributed by atoms with Gasteiger partial charge in [-0.05, 0) is 18.1 Å². The molecule has 1 aromatic rings. The Labute approximate surface area is 106 Å². The zero-order chi connectivity index (χ0) is 13.6. The maximum atomic E-state index is 11.6. The van der Waals surface area contributed by atoms with E-state index in [4.69, 9.17) is 5.11 Å². The number of aliphatic carboxylic acids is 1. The van der Waals surface area contributed by atoms with Gasteiger partial charge in [0.1, 0.15) is 6.04 Å². The van der Waals surface area contributed by atoms with Gasteiger partial charge in [-0.1, -0.05) is 37.3 Å². The van der Waals surface area contributed by atoms with E-state index in [1.807, 2.05) is 6.07 Å². The first-order valence-corrected chi connectivity index (χ1v) is 6.97. The lowest BCUT2D eigenvalue weighted by Gasteiger charge is -2.09. The molecule has 0 aliphatic carbocycles. The third-order valence-electron chi connectivity index (χ3n) is 2.25. The van der Waals surface area contributed by atoms with E-state index in [-0.39, 0.29) is 6.42 Å². The lowest BCUT2D eigenvalue weighted by molar-refractivity contribution is -0.139. The van der Waals surface area contributed by atoms with Gasteiger partial charge in [-0.3, -0.25) is 4.79 Å². The summed E-state index contributed by atoms with van der Waals surface area (Å²) >= 11 is 0. The molecule has 98 valence electrons. The molecule has 0 spiro atoms. The molecule has 0 radical (unpaired) electrons. The Morgan fingerprint density at radius 2 is 2.00 bits per heavy atom. The minimum Gasteiger partial charge on any atom is -0.480 e. The quantitative estimate of drug-likeness (QED) is 0.818. The van der Waals surface area contributed by atoms with E-state index in [9.17, 15) is 13.2 Å². The lowest BCUT2D eigenvalue weighted by Crippen LogP contribution is -2.39. The van der Waals surface area contributed by atoms with Crippen molar-refractivity contribution in [1.82, 2.24) is 4.72 Å². The number of hydrogen-bond donors (Lipinski definition) is 2. The molecule has 0 aliphatic rings. The molecule has 2 N–H and O–H groups in total. The fraction of sp³-hybridized carbons (Fsp3) is 0.250. The summed E-state index contributed by atoms with van der Waals surface area (Å²) in [5.41, 5.74) is 0.728. The Bertz CT molecular complexity index is 522. The molecular weight excluding hydrogens is 254 g/mol. The summed E-state index contributed by atoms with van der Waals surface area (Å²) in [6, 6.07) is 7.79. The SMILES string of the molecule is CC[C@H](NS(=O)(=O)/C=C/c1ccccc1)C(=O)O. The lowest BCUT2D eigenvalue weighted by atomic mass is 10.2. The minimum atomic E-state index is -3.75. The van der Waals surface area contributed by atoms with Crippen molar-refractivity contribution in [2.24, 2.45) is 0 Å². The summed E-state index contributed by atoms with van der Waals surface area (Å²) in [5, 5.41) is 9.74. The third kappa shape index (κ3) is 4.68. The highest BCUT2D eigenvalue weighted by Crippen LogP contribution is 2.04. The van der Waals surface area contributed by atoms with Crippen LogP contribution in [-0.2, 0) is 14.8 Å². The second-order valence-corrected chi connectivity index (χ2v) is 5.27. The van der Waals surface area contributed by atoms with Crippen LogP contribution in [0.2, 0.25) is 0 Å². The standard InChI is InChI=1S/C12H15NO4S/c1-2-11(12(14)15)13-18(16,17)9-8-10-6-4-3-5-7-10/h3-9,11,13H,2H2,1H3,(H,14,15)/b9-8+/t11-/m0/s1. The van der Waals surface area contributed by atoms with Gasteiger partial charge in [0.05, 0.1) is 0 Å². The number of carboxylic acid groups (broad SMARTS) is 1. The molecule has 5 nitrogen and oxygen atoms in total. The first-order valence-electron chi connectivity index (χ1n) is 5.43. The van der Waals surface area contributed by atoms with Gasteiger partial charge < -0.3 is 5.11 Å². The van der Waals surface area contributed by atoms with E-state index < -0.39 is 22.0 Å². The Morgan fingerprint density at radius 3 is 2.50 bits per heavy atom. The summed E-state index contributed by atoms with van der Waals surface area (Å²) < 4.78 is 25.3. The first kappa shape index (κ1) is 14.4. The van der Waals surface area contributed by atoms with E-state index in [0.717, 1.165) is 11.0 Å². The monoisotopic (exact) mass is 269 g/mol. The van der Waals surface area contributed by atoms with Gasteiger partial charge in [-0.25, -0.2) is 8.42 Å². The highest BCUT2D eigenvalue weighted by molar-refractivity contribution is 7.92. The average molecular weight is 269 g/mol. The first-order chi connectivity index (χ1) is 8.44. The largest absolute Gasteiger partial charge is 0.480 e. The van der Waals surface area contributed by atoms with Crippen molar-refractivity contribution in [3.8, 4) is 0 Å². The molecular formula is C12H15NO4S. The Balaban J connectivity index is 2.77. The van der Waals surface area contributed by atoms with E-state index >= 15 is 0 Å². The summed E-state index contributed by atoms with van der Waals surface area (Å²) in [5.74, 6) is -1.19. The Kier molecular flexibility index (Phi) is 5.06. The van der Waals surface area contributed by atoms with Crippen LogP contribution in [0.5, 0.6) is 0 Å². The Hall–Kier alpha value is -1.66.